The zero-order valence-electron chi connectivity index (χ0n) is 9.96. The molecule has 18 heavy (non-hydrogen) atoms. The van der Waals surface area contributed by atoms with Crippen molar-refractivity contribution in [3.8, 4) is 0 Å². The van der Waals surface area contributed by atoms with Crippen molar-refractivity contribution in [1.29, 1.82) is 0 Å². The van der Waals surface area contributed by atoms with Crippen LogP contribution in [0.25, 0.3) is 17.0 Å². The van der Waals surface area contributed by atoms with Crippen LogP contribution in [-0.2, 0) is 0 Å². The van der Waals surface area contributed by atoms with Crippen molar-refractivity contribution in [3.63, 3.8) is 0 Å². The molecule has 0 saturated heterocycles. The number of hydrogen-bond donors (Lipinski definition) is 0. The quantitative estimate of drug-likeness (QED) is 0.515. The molecule has 1 aliphatic heterocycles. The summed E-state index contributed by atoms with van der Waals surface area (Å²) in [6.45, 7) is 0.323. The molecular formula is C13H9LiN2O2. The second-order valence-electron chi connectivity index (χ2n) is 3.85. The Labute approximate surface area is 116 Å². The maximum atomic E-state index is 11.1. The van der Waals surface area contributed by atoms with Crippen LogP contribution in [0.4, 0.5) is 10.5 Å². The van der Waals surface area contributed by atoms with Crippen LogP contribution >= 0.6 is 0 Å². The predicted octanol–water partition coefficient (Wildman–Crippen LogP) is -1.58. The molecule has 0 unspecified atom stereocenters. The van der Waals surface area contributed by atoms with E-state index in [-0.39, 0.29) is 18.9 Å². The van der Waals surface area contributed by atoms with Crippen LogP contribution in [0.2, 0.25) is 0 Å². The van der Waals surface area contributed by atoms with E-state index >= 15 is 0 Å². The Balaban J connectivity index is 0.00000120. The number of fused-ring (bicyclic) bond motifs is 3. The van der Waals surface area contributed by atoms with Crippen LogP contribution in [0.15, 0.2) is 36.5 Å². The minimum Gasteiger partial charge on any atom is -0.530 e. The first kappa shape index (κ1) is 12.7. The van der Waals surface area contributed by atoms with Gasteiger partial charge < -0.3 is 14.8 Å². The number of carbonyl (C=O) groups is 1. The van der Waals surface area contributed by atoms with Gasteiger partial charge in [-0.05, 0) is 23.8 Å². The van der Waals surface area contributed by atoms with Crippen molar-refractivity contribution in [2.75, 3.05) is 11.4 Å². The Morgan fingerprint density at radius 3 is 2.94 bits per heavy atom. The fraction of sp³-hybridized carbons (Fsp3) is 0.0769. The summed E-state index contributed by atoms with van der Waals surface area (Å²) in [5.74, 6) is 0. The Bertz CT molecular complexity index is 640. The van der Waals surface area contributed by atoms with Gasteiger partial charge in [0.2, 0.25) is 0 Å². The van der Waals surface area contributed by atoms with E-state index in [9.17, 15) is 9.90 Å². The number of rotatable bonds is 0. The predicted molar refractivity (Wildman–Crippen MR) is 63.5 cm³/mol. The normalized spacial score (nSPS) is 13.0. The molecule has 0 atom stereocenters. The van der Waals surface area contributed by atoms with Gasteiger partial charge in [0.25, 0.3) is 0 Å². The molecule has 0 radical (unpaired) electrons. The fourth-order valence-corrected chi connectivity index (χ4v) is 2.13. The molecule has 0 spiro atoms. The van der Waals surface area contributed by atoms with Gasteiger partial charge in [-0.2, -0.15) is 0 Å². The van der Waals surface area contributed by atoms with Gasteiger partial charge in [-0.3, -0.25) is 4.98 Å². The monoisotopic (exact) mass is 232 g/mol. The molecule has 4 nitrogen and oxygen atoms in total. The molecule has 0 saturated carbocycles. The van der Waals surface area contributed by atoms with Gasteiger partial charge in [-0.1, -0.05) is 18.2 Å². The minimum atomic E-state index is -1.19. The van der Waals surface area contributed by atoms with Crippen molar-refractivity contribution in [2.24, 2.45) is 0 Å². The summed E-state index contributed by atoms with van der Waals surface area (Å²) in [5, 5.41) is 12.0. The van der Waals surface area contributed by atoms with Crippen LogP contribution < -0.4 is 28.9 Å². The minimum absolute atomic E-state index is 0. The van der Waals surface area contributed by atoms with Gasteiger partial charge in [-0.25, -0.2) is 0 Å². The molecule has 2 heterocycles. The average Bonchev–Trinajstić information content (AvgIpc) is 2.37. The Morgan fingerprint density at radius 1 is 1.33 bits per heavy atom. The third kappa shape index (κ3) is 1.90. The summed E-state index contributed by atoms with van der Waals surface area (Å²) in [7, 11) is 0. The van der Waals surface area contributed by atoms with Crippen molar-refractivity contribution in [1.82, 2.24) is 4.98 Å². The van der Waals surface area contributed by atoms with Gasteiger partial charge in [-0.15, -0.1) is 0 Å². The number of aromatic nitrogens is 1. The van der Waals surface area contributed by atoms with Gasteiger partial charge in [0.15, 0.2) is 0 Å². The van der Waals surface area contributed by atoms with E-state index in [1.807, 2.05) is 24.3 Å². The summed E-state index contributed by atoms with van der Waals surface area (Å²) in [4.78, 5) is 16.6. The number of carboxylic acid groups (broad SMARTS) is 1. The van der Waals surface area contributed by atoms with Crippen molar-refractivity contribution < 1.29 is 28.8 Å². The molecule has 5 heteroatoms. The van der Waals surface area contributed by atoms with Crippen LogP contribution in [0.3, 0.4) is 0 Å². The molecule has 1 aliphatic rings. The van der Waals surface area contributed by atoms with Crippen molar-refractivity contribution in [3.05, 3.63) is 42.1 Å². The van der Waals surface area contributed by atoms with Crippen LogP contribution in [0.5, 0.6) is 0 Å². The maximum Gasteiger partial charge on any atom is 1.00 e. The second kappa shape index (κ2) is 4.85. The largest absolute Gasteiger partial charge is 1.00 e. The summed E-state index contributed by atoms with van der Waals surface area (Å²) < 4.78 is 0. The molecule has 0 bridgehead atoms. The zero-order chi connectivity index (χ0) is 11.8. The van der Waals surface area contributed by atoms with Gasteiger partial charge >= 0.3 is 18.9 Å². The standard InChI is InChI=1S/C13H10N2O2.Li/c16-13(17)15-8-2-3-9-5-6-11-10(12(9)15)4-1-7-14-11;/h1-7H,8H2,(H,16,17);/q;+1/p-1. The Kier molecular flexibility index (Phi) is 3.42. The first-order valence-electron chi connectivity index (χ1n) is 5.30. The van der Waals surface area contributed by atoms with E-state index in [4.69, 9.17) is 0 Å². The number of amides is 1. The summed E-state index contributed by atoms with van der Waals surface area (Å²) in [6.07, 6.45) is 4.23. The fourth-order valence-electron chi connectivity index (χ4n) is 2.13. The SMILES string of the molecule is O=C([O-])N1CC=Cc2ccc3ncccc3c21.[Li+]. The molecule has 84 valence electrons. The molecule has 3 rings (SSSR count). The first-order valence-corrected chi connectivity index (χ1v) is 5.30. The average molecular weight is 232 g/mol. The molecule has 0 fully saturated rings. The number of nitrogens with zero attached hydrogens (tertiary/aromatic N) is 2. The third-order valence-electron chi connectivity index (χ3n) is 2.86. The topological polar surface area (TPSA) is 56.3 Å². The van der Waals surface area contributed by atoms with E-state index in [2.05, 4.69) is 4.98 Å². The van der Waals surface area contributed by atoms with E-state index < -0.39 is 6.09 Å². The van der Waals surface area contributed by atoms with Crippen LogP contribution in [0.1, 0.15) is 5.56 Å². The van der Waals surface area contributed by atoms with E-state index in [0.29, 0.717) is 12.2 Å². The number of carbonyl (C=O) groups excluding carboxylic acids is 1. The van der Waals surface area contributed by atoms with Gasteiger partial charge in [0.1, 0.15) is 6.09 Å². The molecular weight excluding hydrogens is 223 g/mol. The molecule has 2 aromatic rings. The van der Waals surface area contributed by atoms with Gasteiger partial charge in [0.05, 0.1) is 11.2 Å². The molecule has 1 amide bonds. The number of pyridine rings is 1. The number of anilines is 1. The number of benzene rings is 1. The van der Waals surface area contributed by atoms with Crippen molar-refractivity contribution >= 4 is 28.8 Å². The Morgan fingerprint density at radius 2 is 2.17 bits per heavy atom. The van der Waals surface area contributed by atoms with E-state index in [0.717, 1.165) is 16.5 Å². The van der Waals surface area contributed by atoms with Crippen LogP contribution in [-0.4, -0.2) is 17.6 Å². The zero-order valence-corrected chi connectivity index (χ0v) is 9.96. The molecule has 0 aliphatic carbocycles. The number of hydrogen-bond acceptors (Lipinski definition) is 3. The van der Waals surface area contributed by atoms with Gasteiger partial charge in [0, 0.05) is 18.1 Å². The third-order valence-corrected chi connectivity index (χ3v) is 2.86. The maximum absolute atomic E-state index is 11.1. The molecule has 1 aromatic heterocycles. The molecule has 0 N–H and O–H groups in total. The Hall–Kier alpha value is -1.76. The smallest absolute Gasteiger partial charge is 0.530 e. The van der Waals surface area contributed by atoms with E-state index in [1.165, 1.54) is 4.90 Å². The second-order valence-corrected chi connectivity index (χ2v) is 3.85. The van der Waals surface area contributed by atoms with E-state index in [1.54, 1.807) is 18.3 Å². The summed E-state index contributed by atoms with van der Waals surface area (Å²) in [6, 6.07) is 7.43. The molecule has 1 aromatic carbocycles. The van der Waals surface area contributed by atoms with Crippen LogP contribution in [0, 0.1) is 0 Å². The summed E-state index contributed by atoms with van der Waals surface area (Å²) in [5.41, 5.74) is 2.33. The van der Waals surface area contributed by atoms with Crippen molar-refractivity contribution in [2.45, 2.75) is 0 Å². The first-order chi connectivity index (χ1) is 8.27. The summed E-state index contributed by atoms with van der Waals surface area (Å²) >= 11 is 0.